The number of hydrogen-bond acceptors (Lipinski definition) is 9. The van der Waals surface area contributed by atoms with Gasteiger partial charge >= 0.3 is 11.9 Å². The van der Waals surface area contributed by atoms with Crippen molar-refractivity contribution in [2.24, 2.45) is 35.5 Å². The molecule has 51 heavy (non-hydrogen) atoms. The molecule has 1 aromatic rings. The number of aliphatic hydroxyl groups is 2. The summed E-state index contributed by atoms with van der Waals surface area (Å²) in [4.78, 5) is 43.5. The molecule has 4 rings (SSSR count). The van der Waals surface area contributed by atoms with Crippen molar-refractivity contribution < 1.29 is 34.1 Å². The summed E-state index contributed by atoms with van der Waals surface area (Å²) in [5.74, 6) is -0.986. The molecule has 280 valence electrons. The van der Waals surface area contributed by atoms with Crippen LogP contribution in [0, 0.1) is 46.8 Å². The monoisotopic (exact) mass is 705 g/mol. The lowest BCUT2D eigenvalue weighted by Gasteiger charge is -2.34. The highest BCUT2D eigenvalue weighted by atomic mass is 16.5. The Morgan fingerprint density at radius 3 is 2.33 bits per heavy atom. The van der Waals surface area contributed by atoms with Crippen LogP contribution < -0.4 is 0 Å². The molecular formula is C41H59N3O7. The van der Waals surface area contributed by atoms with Gasteiger partial charge in [-0.25, -0.2) is 0 Å². The number of rotatable bonds is 6. The van der Waals surface area contributed by atoms with Gasteiger partial charge in [-0.2, -0.15) is 5.26 Å². The Morgan fingerprint density at radius 2 is 1.65 bits per heavy atom. The summed E-state index contributed by atoms with van der Waals surface area (Å²) < 4.78 is 11.8. The maximum Gasteiger partial charge on any atom is 0.309 e. The first-order chi connectivity index (χ1) is 24.5. The number of nitrogens with zero attached hydrogens (tertiary/aromatic N) is 3. The van der Waals surface area contributed by atoms with Gasteiger partial charge in [0.25, 0.3) is 5.91 Å². The van der Waals surface area contributed by atoms with Gasteiger partial charge in [0.15, 0.2) is 0 Å². The number of cyclic esters (lactones) is 1. The third-order valence-corrected chi connectivity index (χ3v) is 11.1. The molecule has 10 heteroatoms. The van der Waals surface area contributed by atoms with Crippen LogP contribution in [0.5, 0.6) is 0 Å². The summed E-state index contributed by atoms with van der Waals surface area (Å²) in [6.07, 6.45) is 7.63. The van der Waals surface area contributed by atoms with E-state index in [1.165, 1.54) is 0 Å². The fourth-order valence-electron chi connectivity index (χ4n) is 8.27. The minimum Gasteiger partial charge on any atom is -0.464 e. The Hall–Kier alpha value is -3.52. The van der Waals surface area contributed by atoms with Crippen LogP contribution in [0.4, 0.5) is 0 Å². The van der Waals surface area contributed by atoms with Gasteiger partial charge in [0, 0.05) is 50.6 Å². The van der Waals surface area contributed by atoms with Crippen molar-refractivity contribution >= 4 is 17.8 Å². The lowest BCUT2D eigenvalue weighted by molar-refractivity contribution is -0.161. The van der Waals surface area contributed by atoms with Crippen molar-refractivity contribution in [3.8, 4) is 6.07 Å². The lowest BCUT2D eigenvalue weighted by Crippen LogP contribution is -2.49. The standard InChI is InChI=1S/C41H59N3O7/c1-28-23-29(2)25-31(4)39(47)33(27-42)13-8-9-16-37(51-38(46)26-36(45)30(3)24-28)34-14-10-15-35(34)41(49)50-22-21-43-17-19-44(20-18-43)40(48)32-11-6-5-7-12-32/h5-9,11-13,28-31,34-37,39,45,47H,10,14-26H2,1-4H3/b9-8+,33-13-/t28-,29+,30-,31-,34+,35+,36-,37-,39+/m0/s1. The summed E-state index contributed by atoms with van der Waals surface area (Å²) in [6, 6.07) is 11.4. The second-order valence-electron chi connectivity index (χ2n) is 15.4. The Balaban J connectivity index is 1.38. The van der Waals surface area contributed by atoms with Gasteiger partial charge in [-0.15, -0.1) is 0 Å². The summed E-state index contributed by atoms with van der Waals surface area (Å²) in [5, 5.41) is 31.8. The topological polar surface area (TPSA) is 140 Å². The molecule has 0 bridgehead atoms. The van der Waals surface area contributed by atoms with E-state index in [9.17, 15) is 29.9 Å². The van der Waals surface area contributed by atoms with Crippen LogP contribution in [0.15, 0.2) is 54.1 Å². The molecule has 1 saturated heterocycles. The molecule has 1 aromatic carbocycles. The third kappa shape index (κ3) is 12.0. The number of carbonyl (C=O) groups is 3. The number of ether oxygens (including phenoxy) is 2. The summed E-state index contributed by atoms with van der Waals surface area (Å²) in [6.45, 7) is 11.7. The summed E-state index contributed by atoms with van der Waals surface area (Å²) in [5.41, 5.74) is 0.972. The van der Waals surface area contributed by atoms with Gasteiger partial charge in [-0.05, 0) is 74.0 Å². The fraction of sp³-hybridized carbons (Fsp3) is 0.659. The Morgan fingerprint density at radius 1 is 0.961 bits per heavy atom. The SMILES string of the molecule is C[C@@H]1C[C@H](C)C[C@H](C)[C@@H](O)CC(=O)O[C@H]([C@@H]2CCC[C@H]2C(=O)OCCN2CCN(C(=O)c3ccccc3)CC2)C/C=C/C=C(/C#N)[C@H](O)[C@@H](C)C1. The Bertz CT molecular complexity index is 1380. The maximum atomic E-state index is 13.4. The molecule has 2 heterocycles. The van der Waals surface area contributed by atoms with Crippen LogP contribution in [0.2, 0.25) is 0 Å². The lowest BCUT2D eigenvalue weighted by atomic mass is 9.82. The van der Waals surface area contributed by atoms with Crippen molar-refractivity contribution in [2.45, 2.75) is 97.4 Å². The molecule has 1 saturated carbocycles. The second kappa shape index (κ2) is 19.9. The normalized spacial score (nSPS) is 33.8. The van der Waals surface area contributed by atoms with Gasteiger partial charge in [-0.3, -0.25) is 19.3 Å². The molecule has 2 N–H and O–H groups in total. The summed E-state index contributed by atoms with van der Waals surface area (Å²) >= 11 is 0. The summed E-state index contributed by atoms with van der Waals surface area (Å²) in [7, 11) is 0. The number of nitriles is 1. The highest BCUT2D eigenvalue weighted by molar-refractivity contribution is 5.94. The molecule has 9 atom stereocenters. The molecule has 0 unspecified atom stereocenters. The van der Waals surface area contributed by atoms with Crippen LogP contribution in [-0.4, -0.2) is 95.5 Å². The van der Waals surface area contributed by atoms with Crippen molar-refractivity contribution in [3.05, 3.63) is 59.7 Å². The van der Waals surface area contributed by atoms with E-state index < -0.39 is 30.2 Å². The molecule has 2 fully saturated rings. The van der Waals surface area contributed by atoms with Crippen molar-refractivity contribution in [1.29, 1.82) is 5.26 Å². The second-order valence-corrected chi connectivity index (χ2v) is 15.4. The van der Waals surface area contributed by atoms with E-state index in [1.54, 1.807) is 12.2 Å². The van der Waals surface area contributed by atoms with Gasteiger partial charge in [0.2, 0.25) is 0 Å². The molecular weight excluding hydrogens is 646 g/mol. The molecule has 1 aliphatic carbocycles. The van der Waals surface area contributed by atoms with Gasteiger partial charge in [0.05, 0.1) is 36.2 Å². The average Bonchev–Trinajstić information content (AvgIpc) is 3.61. The number of hydrogen-bond donors (Lipinski definition) is 2. The number of carbonyl (C=O) groups excluding carboxylic acids is 3. The van der Waals surface area contributed by atoms with Crippen LogP contribution in [0.3, 0.4) is 0 Å². The zero-order chi connectivity index (χ0) is 36.9. The third-order valence-electron chi connectivity index (χ3n) is 11.1. The van der Waals surface area contributed by atoms with E-state index in [-0.39, 0.29) is 48.2 Å². The average molecular weight is 706 g/mol. The zero-order valence-electron chi connectivity index (χ0n) is 31.0. The predicted molar refractivity (Wildman–Crippen MR) is 195 cm³/mol. The first-order valence-corrected chi connectivity index (χ1v) is 19.0. The molecule has 2 aliphatic heterocycles. The Kier molecular flexibility index (Phi) is 15.7. The van der Waals surface area contributed by atoms with Gasteiger partial charge in [-0.1, -0.05) is 64.5 Å². The van der Waals surface area contributed by atoms with E-state index in [0.29, 0.717) is 69.4 Å². The number of amides is 1. The predicted octanol–water partition coefficient (Wildman–Crippen LogP) is 5.55. The first kappa shape index (κ1) is 40.3. The van der Waals surface area contributed by atoms with E-state index in [1.807, 2.05) is 55.2 Å². The van der Waals surface area contributed by atoms with Gasteiger partial charge in [0.1, 0.15) is 12.7 Å². The number of esters is 2. The number of piperazine rings is 1. The van der Waals surface area contributed by atoms with Crippen LogP contribution >= 0.6 is 0 Å². The smallest absolute Gasteiger partial charge is 0.309 e. The first-order valence-electron chi connectivity index (χ1n) is 19.0. The Labute approximate surface area is 304 Å². The highest BCUT2D eigenvalue weighted by Gasteiger charge is 2.41. The quantitative estimate of drug-likeness (QED) is 0.365. The van der Waals surface area contributed by atoms with E-state index in [0.717, 1.165) is 25.7 Å². The number of aliphatic hydroxyl groups excluding tert-OH is 2. The number of benzene rings is 1. The van der Waals surface area contributed by atoms with Crippen molar-refractivity contribution in [3.63, 3.8) is 0 Å². The highest BCUT2D eigenvalue weighted by Crippen LogP contribution is 2.38. The minimum absolute atomic E-state index is 0.0288. The molecule has 0 spiro atoms. The fourth-order valence-corrected chi connectivity index (χ4v) is 8.27. The largest absolute Gasteiger partial charge is 0.464 e. The molecule has 3 aliphatic rings. The van der Waals surface area contributed by atoms with Crippen molar-refractivity contribution in [1.82, 2.24) is 9.80 Å². The van der Waals surface area contributed by atoms with Crippen LogP contribution in [-0.2, 0) is 19.1 Å². The van der Waals surface area contributed by atoms with Crippen molar-refractivity contribution in [2.75, 3.05) is 39.3 Å². The molecule has 10 nitrogen and oxygen atoms in total. The van der Waals surface area contributed by atoms with E-state index >= 15 is 0 Å². The minimum atomic E-state index is -0.889. The number of allylic oxidation sites excluding steroid dienone is 2. The molecule has 0 aromatic heterocycles. The van der Waals surface area contributed by atoms with Crippen LogP contribution in [0.25, 0.3) is 0 Å². The maximum absolute atomic E-state index is 13.4. The van der Waals surface area contributed by atoms with E-state index in [4.69, 9.17) is 9.47 Å². The van der Waals surface area contributed by atoms with Crippen LogP contribution in [0.1, 0.15) is 89.4 Å². The van der Waals surface area contributed by atoms with Gasteiger partial charge < -0.3 is 24.6 Å². The van der Waals surface area contributed by atoms with E-state index in [2.05, 4.69) is 24.8 Å². The molecule has 1 amide bonds. The zero-order valence-corrected chi connectivity index (χ0v) is 31.0. The molecule has 0 radical (unpaired) electrons.